The molecule has 2 heterocycles. The number of halogens is 1. The third kappa shape index (κ3) is 4.22. The van der Waals surface area contributed by atoms with Gasteiger partial charge in [0.15, 0.2) is 0 Å². The lowest BCUT2D eigenvalue weighted by Crippen LogP contribution is -2.29. The number of benzene rings is 1. The van der Waals surface area contributed by atoms with Crippen molar-refractivity contribution in [1.29, 1.82) is 0 Å². The van der Waals surface area contributed by atoms with Crippen molar-refractivity contribution in [3.63, 3.8) is 0 Å². The molecule has 142 valence electrons. The largest absolute Gasteiger partial charge is 0.464 e. The van der Waals surface area contributed by atoms with Crippen molar-refractivity contribution in [1.82, 2.24) is 9.55 Å². The first kappa shape index (κ1) is 19.6. The summed E-state index contributed by atoms with van der Waals surface area (Å²) in [6, 6.07) is 6.57. The molecular formula is C20H21ClN2O3S. The van der Waals surface area contributed by atoms with Crippen LogP contribution in [0.15, 0.2) is 40.8 Å². The second kappa shape index (κ2) is 8.67. The van der Waals surface area contributed by atoms with E-state index in [1.165, 1.54) is 22.2 Å². The van der Waals surface area contributed by atoms with E-state index in [1.807, 2.05) is 17.5 Å². The third-order valence-electron chi connectivity index (χ3n) is 4.43. The lowest BCUT2D eigenvalue weighted by molar-refractivity contribution is -0.147. The molecule has 0 bridgehead atoms. The zero-order chi connectivity index (χ0) is 19.4. The fraction of sp³-hybridized carbons (Fsp3) is 0.350. The molecule has 1 aromatic carbocycles. The van der Waals surface area contributed by atoms with E-state index >= 15 is 0 Å². The van der Waals surface area contributed by atoms with Crippen LogP contribution in [0.5, 0.6) is 0 Å². The summed E-state index contributed by atoms with van der Waals surface area (Å²) in [5.41, 5.74) is 1.43. The maximum Gasteiger partial charge on any atom is 0.328 e. The van der Waals surface area contributed by atoms with Gasteiger partial charge in [-0.25, -0.2) is 9.78 Å². The summed E-state index contributed by atoms with van der Waals surface area (Å²) < 4.78 is 6.64. The number of rotatable bonds is 7. The number of fused-ring (bicyclic) bond motifs is 1. The van der Waals surface area contributed by atoms with Gasteiger partial charge in [-0.15, -0.1) is 11.3 Å². The molecule has 0 spiro atoms. The summed E-state index contributed by atoms with van der Waals surface area (Å²) >= 11 is 7.36. The van der Waals surface area contributed by atoms with Gasteiger partial charge in [0.05, 0.1) is 18.3 Å². The normalized spacial score (nSPS) is 12.3. The fourth-order valence-electron chi connectivity index (χ4n) is 2.82. The lowest BCUT2D eigenvalue weighted by atomic mass is 10.1. The van der Waals surface area contributed by atoms with Gasteiger partial charge in [-0.2, -0.15) is 0 Å². The first-order valence-corrected chi connectivity index (χ1v) is 10.2. The van der Waals surface area contributed by atoms with Crippen molar-refractivity contribution in [2.24, 2.45) is 0 Å². The van der Waals surface area contributed by atoms with Gasteiger partial charge in [0.1, 0.15) is 10.9 Å². The van der Waals surface area contributed by atoms with Gasteiger partial charge < -0.3 is 4.74 Å². The third-order valence-corrected chi connectivity index (χ3v) is 5.56. The van der Waals surface area contributed by atoms with Crippen LogP contribution in [0.4, 0.5) is 0 Å². The molecule has 1 atom stereocenters. The number of thiophene rings is 1. The summed E-state index contributed by atoms with van der Waals surface area (Å²) in [6.45, 7) is 4.12. The quantitative estimate of drug-likeness (QED) is 0.407. The topological polar surface area (TPSA) is 61.2 Å². The van der Waals surface area contributed by atoms with Gasteiger partial charge in [0.2, 0.25) is 0 Å². The first-order valence-electron chi connectivity index (χ1n) is 8.93. The summed E-state index contributed by atoms with van der Waals surface area (Å²) in [6.07, 6.45) is 4.31. The van der Waals surface area contributed by atoms with Gasteiger partial charge in [-0.1, -0.05) is 43.5 Å². The molecule has 5 nitrogen and oxygen atoms in total. The predicted octanol–water partition coefficient (Wildman–Crippen LogP) is 5.07. The number of unbranched alkanes of at least 4 members (excludes halogenated alkanes) is 2. The summed E-state index contributed by atoms with van der Waals surface area (Å²) in [5, 5.41) is 3.05. The standard InChI is InChI=1S/C20H21ClN2O3S/c1-3-4-5-10-26-20(25)13(2)23-12-22-18-17(19(23)24)16(11-27-18)14-6-8-15(21)9-7-14/h6-9,11-13H,3-5,10H2,1-2H3. The minimum absolute atomic E-state index is 0.246. The Morgan fingerprint density at radius 1 is 1.30 bits per heavy atom. The highest BCUT2D eigenvalue weighted by Crippen LogP contribution is 2.31. The van der Waals surface area contributed by atoms with Gasteiger partial charge >= 0.3 is 5.97 Å². The van der Waals surface area contributed by atoms with Gasteiger partial charge in [0, 0.05) is 16.0 Å². The van der Waals surface area contributed by atoms with Crippen molar-refractivity contribution in [3.05, 3.63) is 51.3 Å². The van der Waals surface area contributed by atoms with Crippen LogP contribution in [0.25, 0.3) is 21.3 Å². The van der Waals surface area contributed by atoms with Gasteiger partial charge in [0.25, 0.3) is 5.56 Å². The molecule has 0 N–H and O–H groups in total. The number of carbonyl (C=O) groups excluding carboxylic acids is 1. The molecule has 7 heteroatoms. The predicted molar refractivity (Wildman–Crippen MR) is 110 cm³/mol. The molecule has 0 radical (unpaired) electrons. The van der Waals surface area contributed by atoms with Crippen LogP contribution < -0.4 is 5.56 Å². The second-order valence-corrected chi connectivity index (χ2v) is 7.64. The van der Waals surface area contributed by atoms with Crippen LogP contribution >= 0.6 is 22.9 Å². The highest BCUT2D eigenvalue weighted by atomic mass is 35.5. The molecule has 0 aliphatic carbocycles. The highest BCUT2D eigenvalue weighted by molar-refractivity contribution is 7.17. The van der Waals surface area contributed by atoms with Crippen molar-refractivity contribution in [3.8, 4) is 11.1 Å². The van der Waals surface area contributed by atoms with E-state index in [0.29, 0.717) is 21.8 Å². The monoisotopic (exact) mass is 404 g/mol. The van der Waals surface area contributed by atoms with E-state index in [0.717, 1.165) is 30.4 Å². The molecule has 0 fully saturated rings. The fourth-order valence-corrected chi connectivity index (χ4v) is 3.85. The van der Waals surface area contributed by atoms with E-state index in [1.54, 1.807) is 19.1 Å². The Balaban J connectivity index is 1.92. The van der Waals surface area contributed by atoms with E-state index < -0.39 is 12.0 Å². The summed E-state index contributed by atoms with van der Waals surface area (Å²) in [4.78, 5) is 30.4. The molecule has 0 saturated heterocycles. The number of carbonyl (C=O) groups is 1. The molecule has 0 aliphatic rings. The molecular weight excluding hydrogens is 384 g/mol. The van der Waals surface area contributed by atoms with Crippen molar-refractivity contribution < 1.29 is 9.53 Å². The molecule has 3 rings (SSSR count). The number of nitrogens with zero attached hydrogens (tertiary/aromatic N) is 2. The van der Waals surface area contributed by atoms with Crippen LogP contribution in [-0.4, -0.2) is 22.1 Å². The maximum atomic E-state index is 13.1. The number of esters is 1. The molecule has 2 aromatic heterocycles. The van der Waals surface area contributed by atoms with Crippen molar-refractivity contribution in [2.75, 3.05) is 6.61 Å². The van der Waals surface area contributed by atoms with E-state index in [9.17, 15) is 9.59 Å². The molecule has 0 amide bonds. The van der Waals surface area contributed by atoms with E-state index in [-0.39, 0.29) is 5.56 Å². The summed E-state index contributed by atoms with van der Waals surface area (Å²) in [7, 11) is 0. The Hall–Kier alpha value is -2.18. The smallest absolute Gasteiger partial charge is 0.328 e. The van der Waals surface area contributed by atoms with Crippen LogP contribution in [0.1, 0.15) is 39.2 Å². The number of aromatic nitrogens is 2. The average molecular weight is 405 g/mol. The zero-order valence-corrected chi connectivity index (χ0v) is 16.8. The van der Waals surface area contributed by atoms with Crippen LogP contribution in [-0.2, 0) is 9.53 Å². The van der Waals surface area contributed by atoms with E-state index in [2.05, 4.69) is 11.9 Å². The Labute approximate surface area is 166 Å². The minimum atomic E-state index is -0.728. The van der Waals surface area contributed by atoms with Crippen molar-refractivity contribution >= 4 is 39.1 Å². The van der Waals surface area contributed by atoms with Crippen molar-refractivity contribution in [2.45, 2.75) is 39.2 Å². The van der Waals surface area contributed by atoms with Crippen LogP contribution in [0.2, 0.25) is 5.02 Å². The zero-order valence-electron chi connectivity index (χ0n) is 15.3. The molecule has 3 aromatic rings. The van der Waals surface area contributed by atoms with Gasteiger partial charge in [-0.3, -0.25) is 9.36 Å². The Kier molecular flexibility index (Phi) is 6.29. The SMILES string of the molecule is CCCCCOC(=O)C(C)n1cnc2scc(-c3ccc(Cl)cc3)c2c1=O. The van der Waals surface area contributed by atoms with Gasteiger partial charge in [-0.05, 0) is 31.0 Å². The molecule has 1 unspecified atom stereocenters. The highest BCUT2D eigenvalue weighted by Gasteiger charge is 2.21. The minimum Gasteiger partial charge on any atom is -0.464 e. The average Bonchev–Trinajstić information content (AvgIpc) is 3.10. The number of hydrogen-bond donors (Lipinski definition) is 0. The Morgan fingerprint density at radius 3 is 2.74 bits per heavy atom. The van der Waals surface area contributed by atoms with Crippen LogP contribution in [0.3, 0.4) is 0 Å². The maximum absolute atomic E-state index is 13.1. The summed E-state index contributed by atoms with van der Waals surface area (Å²) in [5.74, 6) is -0.419. The Morgan fingerprint density at radius 2 is 2.04 bits per heavy atom. The molecule has 0 saturated carbocycles. The molecule has 27 heavy (non-hydrogen) atoms. The second-order valence-electron chi connectivity index (χ2n) is 6.34. The first-order chi connectivity index (χ1) is 13.0. The number of ether oxygens (including phenoxy) is 1. The number of hydrogen-bond acceptors (Lipinski definition) is 5. The Bertz CT molecular complexity index is 995. The van der Waals surface area contributed by atoms with Crippen LogP contribution in [0, 0.1) is 0 Å². The lowest BCUT2D eigenvalue weighted by Gasteiger charge is -2.14. The van der Waals surface area contributed by atoms with E-state index in [4.69, 9.17) is 16.3 Å². The molecule has 0 aliphatic heterocycles.